The number of urea groups is 1. The van der Waals surface area contributed by atoms with Crippen molar-refractivity contribution in [2.45, 2.75) is 38.3 Å². The first-order valence-corrected chi connectivity index (χ1v) is 7.60. The second-order valence-corrected chi connectivity index (χ2v) is 5.75. The van der Waals surface area contributed by atoms with Gasteiger partial charge in [-0.05, 0) is 37.3 Å². The van der Waals surface area contributed by atoms with Crippen molar-refractivity contribution in [1.29, 1.82) is 0 Å². The first kappa shape index (κ1) is 14.1. The lowest BCUT2D eigenvalue weighted by atomic mass is 9.87. The predicted molar refractivity (Wildman–Crippen MR) is 79.8 cm³/mol. The fraction of sp³-hybridized carbons (Fsp3) is 0.500. The average Bonchev–Trinajstić information content (AvgIpc) is 2.93. The summed E-state index contributed by atoms with van der Waals surface area (Å²) in [4.78, 5) is 25.2. The third-order valence-corrected chi connectivity index (χ3v) is 4.31. The largest absolute Gasteiger partial charge is 0.336 e. The molecule has 3 amide bonds. The van der Waals surface area contributed by atoms with Crippen LogP contribution in [-0.2, 0) is 11.2 Å². The lowest BCUT2D eigenvalue weighted by Gasteiger charge is -2.29. The van der Waals surface area contributed by atoms with E-state index in [2.05, 4.69) is 28.8 Å². The summed E-state index contributed by atoms with van der Waals surface area (Å²) >= 11 is 0. The number of carbonyl (C=O) groups is 2. The number of rotatable bonds is 3. The van der Waals surface area contributed by atoms with E-state index in [1.54, 1.807) is 0 Å². The molecule has 3 rings (SSSR count). The molecule has 0 unspecified atom stereocenters. The van der Waals surface area contributed by atoms with Crippen LogP contribution in [0.5, 0.6) is 0 Å². The molecule has 1 aliphatic heterocycles. The maximum Gasteiger partial charge on any atom is 0.324 e. The van der Waals surface area contributed by atoms with Crippen LogP contribution in [-0.4, -0.2) is 36.0 Å². The molecule has 21 heavy (non-hydrogen) atoms. The van der Waals surface area contributed by atoms with E-state index in [-0.39, 0.29) is 24.0 Å². The minimum atomic E-state index is -0.356. The predicted octanol–water partition coefficient (Wildman–Crippen LogP) is 1.59. The molecule has 1 aliphatic carbocycles. The Morgan fingerprint density at radius 2 is 2.24 bits per heavy atom. The second kappa shape index (κ2) is 5.85. The van der Waals surface area contributed by atoms with Crippen LogP contribution in [0.3, 0.4) is 0 Å². The van der Waals surface area contributed by atoms with Crippen LogP contribution in [0, 0.1) is 0 Å². The van der Waals surface area contributed by atoms with Crippen molar-refractivity contribution in [1.82, 2.24) is 15.5 Å². The molecule has 1 heterocycles. The van der Waals surface area contributed by atoms with Gasteiger partial charge in [0.25, 0.3) is 0 Å². The van der Waals surface area contributed by atoms with E-state index in [1.165, 1.54) is 16.0 Å². The van der Waals surface area contributed by atoms with Crippen LogP contribution in [0.15, 0.2) is 24.3 Å². The molecule has 1 aromatic rings. The Bertz CT molecular complexity index is 558. The lowest BCUT2D eigenvalue weighted by Crippen LogP contribution is -2.47. The van der Waals surface area contributed by atoms with E-state index in [4.69, 9.17) is 0 Å². The highest BCUT2D eigenvalue weighted by Gasteiger charge is 2.31. The fourth-order valence-electron chi connectivity index (χ4n) is 3.22. The van der Waals surface area contributed by atoms with Crippen LogP contribution in [0.1, 0.15) is 36.9 Å². The van der Waals surface area contributed by atoms with Gasteiger partial charge in [-0.3, -0.25) is 15.0 Å². The van der Waals surface area contributed by atoms with Crippen molar-refractivity contribution in [3.05, 3.63) is 35.4 Å². The van der Waals surface area contributed by atoms with E-state index < -0.39 is 0 Å². The third-order valence-electron chi connectivity index (χ3n) is 4.31. The fourth-order valence-corrected chi connectivity index (χ4v) is 3.22. The Kier molecular flexibility index (Phi) is 3.92. The number of imide groups is 1. The molecule has 112 valence electrons. The van der Waals surface area contributed by atoms with Gasteiger partial charge in [0.15, 0.2) is 0 Å². The number of hydrogen-bond donors (Lipinski definition) is 2. The van der Waals surface area contributed by atoms with Crippen molar-refractivity contribution in [2.75, 3.05) is 13.1 Å². The van der Waals surface area contributed by atoms with E-state index in [9.17, 15) is 9.59 Å². The van der Waals surface area contributed by atoms with E-state index >= 15 is 0 Å². The standard InChI is InChI=1S/C16H21N3O2/c1-11(15(20)19-10-9-17-16(19)21)18-14-8-4-6-12-5-2-3-7-13(12)14/h2-3,5,7,11,14,18H,4,6,8-10H2,1H3,(H,17,21)/t11-,14+/m0/s1. The van der Waals surface area contributed by atoms with Gasteiger partial charge in [-0.15, -0.1) is 0 Å². The molecular formula is C16H21N3O2. The molecule has 0 spiro atoms. The number of hydrogen-bond acceptors (Lipinski definition) is 3. The molecule has 2 atom stereocenters. The van der Waals surface area contributed by atoms with Gasteiger partial charge < -0.3 is 5.32 Å². The summed E-state index contributed by atoms with van der Waals surface area (Å²) in [6.07, 6.45) is 3.26. The number of carbonyl (C=O) groups excluding carboxylic acids is 2. The van der Waals surface area contributed by atoms with Gasteiger partial charge in [0.1, 0.15) is 0 Å². The molecule has 1 fully saturated rings. The molecule has 5 nitrogen and oxygen atoms in total. The molecule has 2 aliphatic rings. The van der Waals surface area contributed by atoms with Crippen molar-refractivity contribution in [3.63, 3.8) is 0 Å². The molecule has 0 radical (unpaired) electrons. The maximum atomic E-state index is 12.3. The van der Waals surface area contributed by atoms with E-state index in [0.29, 0.717) is 13.1 Å². The summed E-state index contributed by atoms with van der Waals surface area (Å²) in [6, 6.07) is 7.95. The van der Waals surface area contributed by atoms with Crippen LogP contribution in [0.2, 0.25) is 0 Å². The molecule has 5 heteroatoms. The Labute approximate surface area is 124 Å². The number of nitrogens with one attached hydrogen (secondary N) is 2. The molecule has 1 saturated heterocycles. The number of benzene rings is 1. The van der Waals surface area contributed by atoms with Crippen LogP contribution >= 0.6 is 0 Å². The molecule has 0 aromatic heterocycles. The number of amides is 3. The Morgan fingerprint density at radius 3 is 3.00 bits per heavy atom. The maximum absolute atomic E-state index is 12.3. The quantitative estimate of drug-likeness (QED) is 0.887. The summed E-state index contributed by atoms with van der Waals surface area (Å²) in [7, 11) is 0. The normalized spacial score (nSPS) is 22.6. The summed E-state index contributed by atoms with van der Waals surface area (Å²) in [5, 5.41) is 6.06. The van der Waals surface area contributed by atoms with Gasteiger partial charge in [-0.1, -0.05) is 24.3 Å². The van der Waals surface area contributed by atoms with Gasteiger partial charge in [0.2, 0.25) is 5.91 Å². The van der Waals surface area contributed by atoms with Crippen LogP contribution in [0.4, 0.5) is 4.79 Å². The van der Waals surface area contributed by atoms with Gasteiger partial charge in [-0.2, -0.15) is 0 Å². The summed E-state index contributed by atoms with van der Waals surface area (Å²) < 4.78 is 0. The number of aryl methyl sites for hydroxylation is 1. The van der Waals surface area contributed by atoms with Crippen molar-refractivity contribution >= 4 is 11.9 Å². The van der Waals surface area contributed by atoms with E-state index in [0.717, 1.165) is 19.3 Å². The van der Waals surface area contributed by atoms with E-state index in [1.807, 2.05) is 13.0 Å². The SMILES string of the molecule is C[C@H](N[C@@H]1CCCc2ccccc21)C(=O)N1CCNC1=O. The number of nitrogens with zero attached hydrogens (tertiary/aromatic N) is 1. The minimum absolute atomic E-state index is 0.145. The van der Waals surface area contributed by atoms with Gasteiger partial charge in [-0.25, -0.2) is 4.79 Å². The zero-order valence-corrected chi connectivity index (χ0v) is 12.3. The average molecular weight is 287 g/mol. The zero-order valence-electron chi connectivity index (χ0n) is 12.3. The Balaban J connectivity index is 1.69. The van der Waals surface area contributed by atoms with Gasteiger partial charge in [0.05, 0.1) is 6.04 Å². The Morgan fingerprint density at radius 1 is 1.43 bits per heavy atom. The highest BCUT2D eigenvalue weighted by Crippen LogP contribution is 2.29. The van der Waals surface area contributed by atoms with Gasteiger partial charge >= 0.3 is 6.03 Å². The Hall–Kier alpha value is -1.88. The monoisotopic (exact) mass is 287 g/mol. The smallest absolute Gasteiger partial charge is 0.324 e. The second-order valence-electron chi connectivity index (χ2n) is 5.75. The molecule has 0 bridgehead atoms. The topological polar surface area (TPSA) is 61.4 Å². The summed E-state index contributed by atoms with van der Waals surface area (Å²) in [6.45, 7) is 2.85. The van der Waals surface area contributed by atoms with Crippen molar-refractivity contribution < 1.29 is 9.59 Å². The first-order chi connectivity index (χ1) is 10.2. The highest BCUT2D eigenvalue weighted by molar-refractivity contribution is 5.98. The van der Waals surface area contributed by atoms with Crippen LogP contribution < -0.4 is 10.6 Å². The molecule has 1 aromatic carbocycles. The zero-order chi connectivity index (χ0) is 14.8. The highest BCUT2D eigenvalue weighted by atomic mass is 16.2. The molecule has 0 saturated carbocycles. The third kappa shape index (κ3) is 2.78. The van der Waals surface area contributed by atoms with Crippen molar-refractivity contribution in [3.8, 4) is 0 Å². The lowest BCUT2D eigenvalue weighted by molar-refractivity contribution is -0.129. The number of fused-ring (bicyclic) bond motifs is 1. The van der Waals surface area contributed by atoms with Crippen molar-refractivity contribution in [2.24, 2.45) is 0 Å². The molecule has 2 N–H and O–H groups in total. The van der Waals surface area contributed by atoms with Crippen LogP contribution in [0.25, 0.3) is 0 Å². The van der Waals surface area contributed by atoms with Gasteiger partial charge in [0, 0.05) is 19.1 Å². The molecular weight excluding hydrogens is 266 g/mol. The summed E-state index contributed by atoms with van der Waals surface area (Å²) in [5.74, 6) is -0.145. The first-order valence-electron chi connectivity index (χ1n) is 7.60. The summed E-state index contributed by atoms with van der Waals surface area (Å²) in [5.41, 5.74) is 2.65. The minimum Gasteiger partial charge on any atom is -0.336 e.